The third-order valence-corrected chi connectivity index (χ3v) is 5.37. The van der Waals surface area contributed by atoms with Crippen molar-refractivity contribution in [2.75, 3.05) is 13.1 Å². The lowest BCUT2D eigenvalue weighted by Gasteiger charge is -2.41. The molecule has 4 rings (SSSR count). The van der Waals surface area contributed by atoms with Crippen molar-refractivity contribution in [3.63, 3.8) is 0 Å². The molecule has 2 aliphatic heterocycles. The third-order valence-electron chi connectivity index (χ3n) is 5.37. The summed E-state index contributed by atoms with van der Waals surface area (Å²) in [5.74, 6) is -0.00763. The standard InChI is InChI=1S/C20H21N3O3/c24-20(16-6-8-17(9-7-16)23(25)26)22-18-10-11-19(22)14-21(13-18)12-15-4-2-1-3-5-15/h1-9,18-19H,10-14H2/t18-,19+. The van der Waals surface area contributed by atoms with E-state index in [2.05, 4.69) is 29.2 Å². The molecule has 6 nitrogen and oxygen atoms in total. The first-order valence-electron chi connectivity index (χ1n) is 8.95. The summed E-state index contributed by atoms with van der Waals surface area (Å²) in [5.41, 5.74) is 1.84. The number of hydrogen-bond acceptors (Lipinski definition) is 4. The van der Waals surface area contributed by atoms with Crippen molar-refractivity contribution in [1.29, 1.82) is 0 Å². The molecule has 2 bridgehead atoms. The van der Waals surface area contributed by atoms with E-state index in [1.54, 1.807) is 12.1 Å². The first-order valence-corrected chi connectivity index (χ1v) is 8.95. The number of carbonyl (C=O) groups is 1. The number of fused-ring (bicyclic) bond motifs is 2. The van der Waals surface area contributed by atoms with Crippen molar-refractivity contribution in [3.8, 4) is 0 Å². The molecule has 134 valence electrons. The highest BCUT2D eigenvalue weighted by Crippen LogP contribution is 2.32. The summed E-state index contributed by atoms with van der Waals surface area (Å²) in [6.07, 6.45) is 2.04. The van der Waals surface area contributed by atoms with Gasteiger partial charge in [0.25, 0.3) is 11.6 Å². The number of non-ortho nitro benzene ring substituents is 1. The molecule has 0 spiro atoms. The van der Waals surface area contributed by atoms with E-state index in [0.29, 0.717) is 5.56 Å². The van der Waals surface area contributed by atoms with Gasteiger partial charge in [-0.1, -0.05) is 30.3 Å². The fourth-order valence-corrected chi connectivity index (χ4v) is 4.17. The number of rotatable bonds is 4. The molecule has 0 unspecified atom stereocenters. The lowest BCUT2D eigenvalue weighted by atomic mass is 10.1. The Bertz CT molecular complexity index is 793. The van der Waals surface area contributed by atoms with Gasteiger partial charge in [0.2, 0.25) is 0 Å². The zero-order chi connectivity index (χ0) is 18.1. The molecule has 0 N–H and O–H groups in total. The van der Waals surface area contributed by atoms with Crippen LogP contribution < -0.4 is 0 Å². The minimum Gasteiger partial charge on any atom is -0.330 e. The van der Waals surface area contributed by atoms with Crippen LogP contribution in [-0.2, 0) is 6.54 Å². The summed E-state index contributed by atoms with van der Waals surface area (Å²) in [6.45, 7) is 2.67. The van der Waals surface area contributed by atoms with Crippen LogP contribution in [0, 0.1) is 10.1 Å². The van der Waals surface area contributed by atoms with Crippen LogP contribution in [0.1, 0.15) is 28.8 Å². The van der Waals surface area contributed by atoms with Gasteiger partial charge < -0.3 is 4.90 Å². The Kier molecular flexibility index (Phi) is 4.42. The Labute approximate surface area is 152 Å². The quantitative estimate of drug-likeness (QED) is 0.627. The van der Waals surface area contributed by atoms with Gasteiger partial charge >= 0.3 is 0 Å². The van der Waals surface area contributed by atoms with Gasteiger partial charge in [0.15, 0.2) is 0 Å². The van der Waals surface area contributed by atoms with Gasteiger partial charge in [0, 0.05) is 49.4 Å². The van der Waals surface area contributed by atoms with Crippen LogP contribution in [0.4, 0.5) is 5.69 Å². The normalized spacial score (nSPS) is 22.4. The van der Waals surface area contributed by atoms with Crippen molar-refractivity contribution in [2.24, 2.45) is 0 Å². The van der Waals surface area contributed by atoms with Crippen LogP contribution >= 0.6 is 0 Å². The van der Waals surface area contributed by atoms with Gasteiger partial charge in [-0.25, -0.2) is 0 Å². The summed E-state index contributed by atoms with van der Waals surface area (Å²) < 4.78 is 0. The predicted octanol–water partition coefficient (Wildman–Crippen LogP) is 3.08. The van der Waals surface area contributed by atoms with Gasteiger partial charge in [-0.05, 0) is 30.5 Å². The number of amides is 1. The second kappa shape index (κ2) is 6.88. The Balaban J connectivity index is 1.46. The molecule has 2 atom stereocenters. The smallest absolute Gasteiger partial charge is 0.269 e. The lowest BCUT2D eigenvalue weighted by molar-refractivity contribution is -0.384. The third kappa shape index (κ3) is 3.20. The molecule has 6 heteroatoms. The average molecular weight is 351 g/mol. The fourth-order valence-electron chi connectivity index (χ4n) is 4.17. The Hall–Kier alpha value is -2.73. The highest BCUT2D eigenvalue weighted by atomic mass is 16.6. The Morgan fingerprint density at radius 2 is 1.62 bits per heavy atom. The summed E-state index contributed by atoms with van der Waals surface area (Å²) in [4.78, 5) is 27.7. The first kappa shape index (κ1) is 16.7. The topological polar surface area (TPSA) is 66.7 Å². The largest absolute Gasteiger partial charge is 0.330 e. The second-order valence-electron chi connectivity index (χ2n) is 7.08. The van der Waals surface area contributed by atoms with Crippen molar-refractivity contribution in [3.05, 3.63) is 75.8 Å². The fraction of sp³-hybridized carbons (Fsp3) is 0.350. The van der Waals surface area contributed by atoms with E-state index in [9.17, 15) is 14.9 Å². The van der Waals surface area contributed by atoms with Gasteiger partial charge in [-0.2, -0.15) is 0 Å². The highest BCUT2D eigenvalue weighted by Gasteiger charge is 2.42. The van der Waals surface area contributed by atoms with Crippen LogP contribution in [-0.4, -0.2) is 45.8 Å². The molecule has 2 saturated heterocycles. The van der Waals surface area contributed by atoms with Crippen LogP contribution in [0.3, 0.4) is 0 Å². The molecular weight excluding hydrogens is 330 g/mol. The maximum absolute atomic E-state index is 12.9. The van der Waals surface area contributed by atoms with Crippen LogP contribution in [0.5, 0.6) is 0 Å². The predicted molar refractivity (Wildman–Crippen MR) is 97.8 cm³/mol. The summed E-state index contributed by atoms with van der Waals surface area (Å²) >= 11 is 0. The van der Waals surface area contributed by atoms with Gasteiger partial charge in [0.1, 0.15) is 0 Å². The molecule has 2 aromatic carbocycles. The lowest BCUT2D eigenvalue weighted by Crippen LogP contribution is -2.55. The molecule has 0 saturated carbocycles. The summed E-state index contributed by atoms with van der Waals surface area (Å²) in [6, 6.07) is 16.8. The molecule has 0 radical (unpaired) electrons. The maximum atomic E-state index is 12.9. The monoisotopic (exact) mass is 351 g/mol. The van der Waals surface area contributed by atoms with E-state index in [1.807, 2.05) is 11.0 Å². The van der Waals surface area contributed by atoms with Gasteiger partial charge in [0.05, 0.1) is 4.92 Å². The SMILES string of the molecule is O=C(c1ccc([N+](=O)[O-])cc1)N1[C@@H]2CC[C@H]1CN(Cc1ccccc1)C2. The van der Waals surface area contributed by atoms with E-state index in [-0.39, 0.29) is 23.7 Å². The number of piperazine rings is 1. The van der Waals surface area contributed by atoms with E-state index in [1.165, 1.54) is 17.7 Å². The number of nitrogens with zero attached hydrogens (tertiary/aromatic N) is 3. The van der Waals surface area contributed by atoms with Crippen molar-refractivity contribution in [1.82, 2.24) is 9.80 Å². The van der Waals surface area contributed by atoms with Crippen LogP contribution in [0.2, 0.25) is 0 Å². The molecular formula is C20H21N3O3. The molecule has 2 aliphatic rings. The van der Waals surface area contributed by atoms with E-state index >= 15 is 0 Å². The van der Waals surface area contributed by atoms with E-state index < -0.39 is 4.92 Å². The van der Waals surface area contributed by atoms with Gasteiger partial charge in [-0.3, -0.25) is 19.8 Å². The summed E-state index contributed by atoms with van der Waals surface area (Å²) in [5, 5.41) is 10.8. The van der Waals surface area contributed by atoms with Crippen molar-refractivity contribution < 1.29 is 9.72 Å². The average Bonchev–Trinajstić information content (AvgIpc) is 2.92. The Morgan fingerprint density at radius 3 is 2.19 bits per heavy atom. The number of nitro benzene ring substituents is 1. The molecule has 0 aliphatic carbocycles. The number of nitro groups is 1. The molecule has 2 aromatic rings. The van der Waals surface area contributed by atoms with Crippen molar-refractivity contribution >= 4 is 11.6 Å². The minimum atomic E-state index is -0.444. The van der Waals surface area contributed by atoms with Crippen LogP contribution in [0.25, 0.3) is 0 Å². The zero-order valence-electron chi connectivity index (χ0n) is 14.5. The highest BCUT2D eigenvalue weighted by molar-refractivity contribution is 5.95. The molecule has 0 aromatic heterocycles. The number of benzene rings is 2. The maximum Gasteiger partial charge on any atom is 0.269 e. The van der Waals surface area contributed by atoms with Crippen LogP contribution in [0.15, 0.2) is 54.6 Å². The Morgan fingerprint density at radius 1 is 1.00 bits per heavy atom. The first-order chi connectivity index (χ1) is 12.6. The molecule has 1 amide bonds. The second-order valence-corrected chi connectivity index (χ2v) is 7.08. The molecule has 2 heterocycles. The number of carbonyl (C=O) groups excluding carboxylic acids is 1. The minimum absolute atomic E-state index is 0.00763. The molecule has 26 heavy (non-hydrogen) atoms. The number of likely N-dealkylation sites (tertiary alicyclic amines) is 1. The molecule has 2 fully saturated rings. The summed E-state index contributed by atoms with van der Waals surface area (Å²) in [7, 11) is 0. The van der Waals surface area contributed by atoms with E-state index in [0.717, 1.165) is 32.5 Å². The number of hydrogen-bond donors (Lipinski definition) is 0. The van der Waals surface area contributed by atoms with Gasteiger partial charge in [-0.15, -0.1) is 0 Å². The zero-order valence-corrected chi connectivity index (χ0v) is 14.5. The van der Waals surface area contributed by atoms with Crippen molar-refractivity contribution in [2.45, 2.75) is 31.5 Å². The van der Waals surface area contributed by atoms with E-state index in [4.69, 9.17) is 0 Å².